The van der Waals surface area contributed by atoms with Gasteiger partial charge in [-0.25, -0.2) is 9.37 Å². The molecule has 0 amide bonds. The van der Waals surface area contributed by atoms with Crippen LogP contribution in [-0.2, 0) is 0 Å². The van der Waals surface area contributed by atoms with Gasteiger partial charge in [-0.2, -0.15) is 0 Å². The van der Waals surface area contributed by atoms with Gasteiger partial charge in [-0.05, 0) is 40.2 Å². The van der Waals surface area contributed by atoms with Crippen molar-refractivity contribution in [2.24, 2.45) is 0 Å². The zero-order valence-electron chi connectivity index (χ0n) is 11.1. The second kappa shape index (κ2) is 4.90. The van der Waals surface area contributed by atoms with Crippen LogP contribution in [0.3, 0.4) is 0 Å². The average molecular weight is 334 g/mol. The lowest BCUT2D eigenvalue weighted by Crippen LogP contribution is -2.09. The van der Waals surface area contributed by atoms with Gasteiger partial charge in [0.1, 0.15) is 16.2 Å². The summed E-state index contributed by atoms with van der Waals surface area (Å²) in [5.41, 5.74) is 2.76. The fourth-order valence-corrected chi connectivity index (χ4v) is 2.62. The van der Waals surface area contributed by atoms with E-state index in [0.717, 1.165) is 27.2 Å². The van der Waals surface area contributed by atoms with E-state index in [1.807, 2.05) is 47.8 Å². The molecule has 1 aromatic carbocycles. The van der Waals surface area contributed by atoms with Gasteiger partial charge < -0.3 is 4.90 Å². The van der Waals surface area contributed by atoms with Gasteiger partial charge in [-0.1, -0.05) is 12.1 Å². The highest BCUT2D eigenvalue weighted by atomic mass is 79.9. The summed E-state index contributed by atoms with van der Waals surface area (Å²) in [4.78, 5) is 6.51. The van der Waals surface area contributed by atoms with Crippen LogP contribution in [0.25, 0.3) is 16.9 Å². The smallest absolute Gasteiger partial charge is 0.146 e. The second-order valence-corrected chi connectivity index (χ2v) is 5.52. The zero-order chi connectivity index (χ0) is 14.3. The van der Waals surface area contributed by atoms with E-state index in [2.05, 4.69) is 20.9 Å². The molecule has 0 aliphatic rings. The number of anilines is 1. The van der Waals surface area contributed by atoms with Gasteiger partial charge in [0.05, 0.1) is 11.2 Å². The minimum atomic E-state index is -0.265. The Morgan fingerprint density at radius 2 is 2.00 bits per heavy atom. The first-order chi connectivity index (χ1) is 9.56. The molecule has 0 N–H and O–H groups in total. The molecule has 0 saturated heterocycles. The summed E-state index contributed by atoms with van der Waals surface area (Å²) in [7, 11) is 3.96. The maximum absolute atomic E-state index is 13.4. The molecule has 0 aliphatic heterocycles. The predicted molar refractivity (Wildman–Crippen MR) is 82.6 cm³/mol. The molecule has 0 spiro atoms. The van der Waals surface area contributed by atoms with Crippen molar-refractivity contribution in [3.05, 3.63) is 53.0 Å². The Morgan fingerprint density at radius 1 is 1.20 bits per heavy atom. The zero-order valence-corrected chi connectivity index (χ0v) is 12.7. The van der Waals surface area contributed by atoms with Gasteiger partial charge >= 0.3 is 0 Å². The Bertz CT molecular complexity index is 780. The SMILES string of the molecule is CN(C)c1ccc2c(Br)nc(-c3cccc(F)c3)n2c1. The van der Waals surface area contributed by atoms with Crippen molar-refractivity contribution in [1.82, 2.24) is 9.38 Å². The molecule has 3 nitrogen and oxygen atoms in total. The third kappa shape index (κ3) is 2.18. The lowest BCUT2D eigenvalue weighted by atomic mass is 10.2. The monoisotopic (exact) mass is 333 g/mol. The standard InChI is InChI=1S/C15H13BrFN3/c1-19(2)12-6-7-13-14(16)18-15(20(13)9-12)10-4-3-5-11(17)8-10/h3-9H,1-2H3. The van der Waals surface area contributed by atoms with Gasteiger partial charge in [0, 0.05) is 25.9 Å². The summed E-state index contributed by atoms with van der Waals surface area (Å²) in [5, 5.41) is 0. The number of nitrogens with zero attached hydrogens (tertiary/aromatic N) is 3. The van der Waals surface area contributed by atoms with Crippen molar-refractivity contribution in [2.75, 3.05) is 19.0 Å². The topological polar surface area (TPSA) is 20.5 Å². The summed E-state index contributed by atoms with van der Waals surface area (Å²) < 4.78 is 16.1. The fourth-order valence-electron chi connectivity index (χ4n) is 2.13. The molecule has 20 heavy (non-hydrogen) atoms. The molecule has 0 saturated carbocycles. The number of hydrogen-bond acceptors (Lipinski definition) is 2. The molecule has 5 heteroatoms. The molecule has 0 atom stereocenters. The Morgan fingerprint density at radius 3 is 2.70 bits per heavy atom. The number of pyridine rings is 1. The number of rotatable bonds is 2. The highest BCUT2D eigenvalue weighted by Crippen LogP contribution is 2.28. The van der Waals surface area contributed by atoms with Crippen LogP contribution >= 0.6 is 15.9 Å². The third-order valence-electron chi connectivity index (χ3n) is 3.18. The summed E-state index contributed by atoms with van der Waals surface area (Å²) in [6.45, 7) is 0. The van der Waals surface area contributed by atoms with E-state index in [1.165, 1.54) is 12.1 Å². The molecule has 0 bridgehead atoms. The number of aromatic nitrogens is 2. The Kier molecular flexibility index (Phi) is 3.22. The van der Waals surface area contributed by atoms with E-state index in [0.29, 0.717) is 0 Å². The summed E-state index contributed by atoms with van der Waals surface area (Å²) in [5.74, 6) is 0.453. The highest BCUT2D eigenvalue weighted by Gasteiger charge is 2.12. The molecule has 0 radical (unpaired) electrons. The first kappa shape index (κ1) is 13.1. The second-order valence-electron chi connectivity index (χ2n) is 4.77. The normalized spacial score (nSPS) is 11.0. The molecule has 3 rings (SSSR count). The molecule has 2 heterocycles. The van der Waals surface area contributed by atoms with E-state index < -0.39 is 0 Å². The van der Waals surface area contributed by atoms with E-state index in [-0.39, 0.29) is 5.82 Å². The molecule has 102 valence electrons. The van der Waals surface area contributed by atoms with Gasteiger partial charge in [0.25, 0.3) is 0 Å². The summed E-state index contributed by atoms with van der Waals surface area (Å²) in [6, 6.07) is 10.5. The lowest BCUT2D eigenvalue weighted by molar-refractivity contribution is 0.628. The van der Waals surface area contributed by atoms with Crippen LogP contribution in [-0.4, -0.2) is 23.5 Å². The minimum absolute atomic E-state index is 0.265. The molecular weight excluding hydrogens is 321 g/mol. The van der Waals surface area contributed by atoms with Crippen LogP contribution in [0, 0.1) is 5.82 Å². The predicted octanol–water partition coefficient (Wildman–Crippen LogP) is 3.97. The van der Waals surface area contributed by atoms with E-state index in [1.54, 1.807) is 6.07 Å². The van der Waals surface area contributed by atoms with Gasteiger partial charge in [0.2, 0.25) is 0 Å². The number of fused-ring (bicyclic) bond motifs is 1. The van der Waals surface area contributed by atoms with Crippen molar-refractivity contribution < 1.29 is 4.39 Å². The number of benzene rings is 1. The van der Waals surface area contributed by atoms with E-state index in [9.17, 15) is 4.39 Å². The first-order valence-corrected chi connectivity index (χ1v) is 6.96. The van der Waals surface area contributed by atoms with Gasteiger partial charge in [-0.3, -0.25) is 4.40 Å². The third-order valence-corrected chi connectivity index (χ3v) is 3.76. The molecule has 0 fully saturated rings. The number of imidazole rings is 1. The maximum atomic E-state index is 13.4. The first-order valence-electron chi connectivity index (χ1n) is 6.17. The average Bonchev–Trinajstić information content (AvgIpc) is 2.76. The fraction of sp³-hybridized carbons (Fsp3) is 0.133. The van der Waals surface area contributed by atoms with Gasteiger partial charge in [-0.15, -0.1) is 0 Å². The van der Waals surface area contributed by atoms with Crippen LogP contribution in [0.15, 0.2) is 47.2 Å². The van der Waals surface area contributed by atoms with Gasteiger partial charge in [0.15, 0.2) is 0 Å². The van der Waals surface area contributed by atoms with Crippen LogP contribution in [0.2, 0.25) is 0 Å². The van der Waals surface area contributed by atoms with Crippen LogP contribution in [0.1, 0.15) is 0 Å². The Hall–Kier alpha value is -1.88. The lowest BCUT2D eigenvalue weighted by Gasteiger charge is -2.13. The molecule has 0 aliphatic carbocycles. The molecule has 3 aromatic rings. The van der Waals surface area contributed by atoms with Crippen molar-refractivity contribution in [2.45, 2.75) is 0 Å². The quantitative estimate of drug-likeness (QED) is 0.707. The summed E-state index contributed by atoms with van der Waals surface area (Å²) in [6.07, 6.45) is 1.99. The Labute approximate surface area is 124 Å². The van der Waals surface area contributed by atoms with Crippen LogP contribution in [0.4, 0.5) is 10.1 Å². The van der Waals surface area contributed by atoms with Crippen LogP contribution < -0.4 is 4.90 Å². The Balaban J connectivity index is 2.27. The van der Waals surface area contributed by atoms with Crippen molar-refractivity contribution in [3.8, 4) is 11.4 Å². The number of halogens is 2. The van der Waals surface area contributed by atoms with Crippen LogP contribution in [0.5, 0.6) is 0 Å². The van der Waals surface area contributed by atoms with Crippen molar-refractivity contribution in [3.63, 3.8) is 0 Å². The van der Waals surface area contributed by atoms with Crippen molar-refractivity contribution >= 4 is 27.1 Å². The van der Waals surface area contributed by atoms with Crippen molar-refractivity contribution in [1.29, 1.82) is 0 Å². The van der Waals surface area contributed by atoms with E-state index >= 15 is 0 Å². The molecular formula is C15H13BrFN3. The summed E-state index contributed by atoms with van der Waals surface area (Å²) >= 11 is 3.46. The van der Waals surface area contributed by atoms with E-state index in [4.69, 9.17) is 0 Å². The highest BCUT2D eigenvalue weighted by molar-refractivity contribution is 9.10. The molecule has 2 aromatic heterocycles. The number of hydrogen-bond donors (Lipinski definition) is 0. The molecule has 0 unspecified atom stereocenters. The maximum Gasteiger partial charge on any atom is 0.146 e. The largest absolute Gasteiger partial charge is 0.376 e. The minimum Gasteiger partial charge on any atom is -0.376 e.